The molecule has 0 bridgehead atoms. The molecule has 3 aliphatic carbocycles. The molecule has 0 unspecified atom stereocenters. The van der Waals surface area contributed by atoms with Crippen LogP contribution in [-0.2, 0) is 16.6 Å². The van der Waals surface area contributed by atoms with Gasteiger partial charge in [-0.25, -0.2) is 0 Å². The number of anilines is 1. The van der Waals surface area contributed by atoms with Gasteiger partial charge in [-0.15, -0.1) is 0 Å². The summed E-state index contributed by atoms with van der Waals surface area (Å²) >= 11 is 0. The Balaban J connectivity index is 1.27. The van der Waals surface area contributed by atoms with Crippen LogP contribution in [-0.4, -0.2) is 12.7 Å². The lowest BCUT2D eigenvalue weighted by Crippen LogP contribution is -2.27. The topological polar surface area (TPSA) is 47.6 Å². The second kappa shape index (κ2) is 5.87. The highest BCUT2D eigenvalue weighted by Gasteiger charge is 2.51. The first-order chi connectivity index (χ1) is 13.7. The van der Waals surface area contributed by atoms with Gasteiger partial charge in [-0.05, 0) is 91.5 Å². The minimum Gasteiger partial charge on any atom is -0.454 e. The molecule has 1 amide bonds. The van der Waals surface area contributed by atoms with Gasteiger partial charge in [0.2, 0.25) is 12.7 Å². The van der Waals surface area contributed by atoms with Gasteiger partial charge in [-0.1, -0.05) is 17.7 Å². The Bertz CT molecular complexity index is 1030. The van der Waals surface area contributed by atoms with Gasteiger partial charge in [0.15, 0.2) is 11.5 Å². The number of hydrogen-bond donors (Lipinski definition) is 1. The Hall–Kier alpha value is -2.75. The van der Waals surface area contributed by atoms with Crippen LogP contribution >= 0.6 is 0 Å². The predicted octanol–water partition coefficient (Wildman–Crippen LogP) is 4.97. The Morgan fingerprint density at radius 2 is 1.82 bits per heavy atom. The van der Waals surface area contributed by atoms with E-state index >= 15 is 0 Å². The molecule has 2 aromatic rings. The molecule has 0 aromatic heterocycles. The first-order valence-corrected chi connectivity index (χ1v) is 10.3. The molecule has 4 aliphatic rings. The molecule has 1 aliphatic heterocycles. The zero-order valence-electron chi connectivity index (χ0n) is 15.8. The molecule has 6 rings (SSSR count). The lowest BCUT2D eigenvalue weighted by molar-refractivity contribution is -0.118. The smallest absolute Gasteiger partial charge is 0.235 e. The maximum Gasteiger partial charge on any atom is 0.235 e. The van der Waals surface area contributed by atoms with E-state index in [-0.39, 0.29) is 12.7 Å². The molecule has 142 valence electrons. The summed E-state index contributed by atoms with van der Waals surface area (Å²) in [7, 11) is 0. The van der Waals surface area contributed by atoms with Crippen molar-refractivity contribution in [2.75, 3.05) is 12.1 Å². The summed E-state index contributed by atoms with van der Waals surface area (Å²) in [4.78, 5) is 13.2. The largest absolute Gasteiger partial charge is 0.454 e. The number of ether oxygens (including phenoxy) is 2. The molecule has 4 heteroatoms. The Morgan fingerprint density at radius 3 is 2.71 bits per heavy atom. The molecule has 1 N–H and O–H groups in total. The molecule has 4 nitrogen and oxygen atoms in total. The van der Waals surface area contributed by atoms with Crippen LogP contribution in [0.2, 0.25) is 0 Å². The second-order valence-electron chi connectivity index (χ2n) is 8.44. The van der Waals surface area contributed by atoms with Crippen molar-refractivity contribution in [3.05, 3.63) is 58.7 Å². The minimum absolute atomic E-state index is 0.0853. The van der Waals surface area contributed by atoms with Gasteiger partial charge in [-0.3, -0.25) is 4.79 Å². The Kier molecular flexibility index (Phi) is 3.40. The summed E-state index contributed by atoms with van der Waals surface area (Å²) in [6.07, 6.45) is 7.85. The van der Waals surface area contributed by atoms with Crippen molar-refractivity contribution in [1.82, 2.24) is 0 Å². The highest BCUT2D eigenvalue weighted by atomic mass is 16.7. The van der Waals surface area contributed by atoms with Crippen LogP contribution in [0.25, 0.3) is 5.57 Å². The lowest BCUT2D eigenvalue weighted by Gasteiger charge is -2.18. The molecule has 1 heterocycles. The summed E-state index contributed by atoms with van der Waals surface area (Å²) in [6, 6.07) is 12.3. The van der Waals surface area contributed by atoms with E-state index in [0.717, 1.165) is 42.0 Å². The van der Waals surface area contributed by atoms with Crippen molar-refractivity contribution < 1.29 is 14.3 Å². The highest BCUT2D eigenvalue weighted by Crippen LogP contribution is 2.51. The van der Waals surface area contributed by atoms with E-state index in [1.165, 1.54) is 42.4 Å². The molecular weight excluding hydrogens is 350 g/mol. The van der Waals surface area contributed by atoms with Crippen LogP contribution in [0.15, 0.2) is 42.0 Å². The third-order valence-corrected chi connectivity index (χ3v) is 6.79. The molecule has 0 saturated heterocycles. The van der Waals surface area contributed by atoms with E-state index in [1.807, 2.05) is 18.2 Å². The van der Waals surface area contributed by atoms with E-state index in [4.69, 9.17) is 9.47 Å². The fraction of sp³-hybridized carbons (Fsp3) is 0.375. The van der Waals surface area contributed by atoms with Gasteiger partial charge in [0.05, 0.1) is 5.41 Å². The number of amides is 1. The van der Waals surface area contributed by atoms with Gasteiger partial charge in [0.1, 0.15) is 0 Å². The number of allylic oxidation sites excluding steroid dienone is 2. The Morgan fingerprint density at radius 1 is 0.964 bits per heavy atom. The van der Waals surface area contributed by atoms with E-state index < -0.39 is 5.41 Å². The third kappa shape index (κ3) is 2.40. The first-order valence-electron chi connectivity index (χ1n) is 10.3. The maximum absolute atomic E-state index is 13.2. The van der Waals surface area contributed by atoms with Gasteiger partial charge in [0, 0.05) is 5.69 Å². The van der Waals surface area contributed by atoms with Crippen LogP contribution in [0.1, 0.15) is 55.2 Å². The molecule has 0 atom stereocenters. The van der Waals surface area contributed by atoms with Crippen LogP contribution in [0.3, 0.4) is 0 Å². The summed E-state index contributed by atoms with van der Waals surface area (Å²) < 4.78 is 10.9. The summed E-state index contributed by atoms with van der Waals surface area (Å²) in [5, 5.41) is 3.20. The van der Waals surface area contributed by atoms with Crippen molar-refractivity contribution >= 4 is 17.2 Å². The minimum atomic E-state index is -0.435. The van der Waals surface area contributed by atoms with Crippen LogP contribution in [0.4, 0.5) is 5.69 Å². The highest BCUT2D eigenvalue weighted by molar-refractivity contribution is 6.02. The Labute approximate surface area is 164 Å². The average molecular weight is 373 g/mol. The molecule has 2 aromatic carbocycles. The standard InChI is InChI=1S/C24H23NO3/c26-23(24(9-10-24)17-6-8-21-22(12-17)28-14-27-21)25-18-7-5-16-11-15-3-1-2-4-19(15)20(16)13-18/h5-8,12-13H,1-4,9-11,14H2,(H,25,26). The van der Waals surface area contributed by atoms with E-state index in [0.29, 0.717) is 0 Å². The number of hydrogen-bond acceptors (Lipinski definition) is 3. The van der Waals surface area contributed by atoms with Gasteiger partial charge >= 0.3 is 0 Å². The summed E-state index contributed by atoms with van der Waals surface area (Å²) in [5.41, 5.74) is 7.43. The van der Waals surface area contributed by atoms with Gasteiger partial charge in [-0.2, -0.15) is 0 Å². The molecule has 0 spiro atoms. The number of carbonyl (C=O) groups is 1. The SMILES string of the molecule is O=C(Nc1ccc2c(c1)C1=C(CCCC1)C2)C1(c2ccc3c(c2)OCO3)CC1. The van der Waals surface area contributed by atoms with E-state index in [9.17, 15) is 4.79 Å². The summed E-state index contributed by atoms with van der Waals surface area (Å²) in [5.74, 6) is 1.59. The quantitative estimate of drug-likeness (QED) is 0.826. The summed E-state index contributed by atoms with van der Waals surface area (Å²) in [6.45, 7) is 0.255. The number of fused-ring (bicyclic) bond motifs is 3. The van der Waals surface area contributed by atoms with Crippen molar-refractivity contribution in [1.29, 1.82) is 0 Å². The van der Waals surface area contributed by atoms with Crippen molar-refractivity contribution in [2.24, 2.45) is 0 Å². The number of rotatable bonds is 3. The van der Waals surface area contributed by atoms with E-state index in [1.54, 1.807) is 5.57 Å². The average Bonchev–Trinajstić information content (AvgIpc) is 3.26. The predicted molar refractivity (Wildman–Crippen MR) is 108 cm³/mol. The zero-order chi connectivity index (χ0) is 18.7. The van der Waals surface area contributed by atoms with Crippen LogP contribution in [0.5, 0.6) is 11.5 Å². The molecule has 1 saturated carbocycles. The van der Waals surface area contributed by atoms with E-state index in [2.05, 4.69) is 23.5 Å². The van der Waals surface area contributed by atoms with Crippen molar-refractivity contribution in [2.45, 2.75) is 50.4 Å². The second-order valence-corrected chi connectivity index (χ2v) is 8.44. The molecular formula is C24H23NO3. The monoisotopic (exact) mass is 373 g/mol. The van der Waals surface area contributed by atoms with Crippen molar-refractivity contribution in [3.8, 4) is 11.5 Å². The maximum atomic E-state index is 13.2. The van der Waals surface area contributed by atoms with Crippen molar-refractivity contribution in [3.63, 3.8) is 0 Å². The fourth-order valence-electron chi connectivity index (χ4n) is 5.02. The lowest BCUT2D eigenvalue weighted by atomic mass is 9.92. The molecule has 1 fully saturated rings. The van der Waals surface area contributed by atoms with Crippen LogP contribution < -0.4 is 14.8 Å². The van der Waals surface area contributed by atoms with Gasteiger partial charge < -0.3 is 14.8 Å². The first kappa shape index (κ1) is 16.2. The number of carbonyl (C=O) groups excluding carboxylic acids is 1. The zero-order valence-corrected chi connectivity index (χ0v) is 15.8. The fourth-order valence-corrected chi connectivity index (χ4v) is 5.02. The number of nitrogens with one attached hydrogen (secondary N) is 1. The normalized spacial score (nSPS) is 20.6. The van der Waals surface area contributed by atoms with Gasteiger partial charge in [0.25, 0.3) is 0 Å². The third-order valence-electron chi connectivity index (χ3n) is 6.79. The molecule has 0 radical (unpaired) electrons. The molecule has 28 heavy (non-hydrogen) atoms. The van der Waals surface area contributed by atoms with Crippen LogP contribution in [0, 0.1) is 0 Å². The number of benzene rings is 2.